The van der Waals surface area contributed by atoms with Gasteiger partial charge < -0.3 is 10.1 Å². The fourth-order valence-corrected chi connectivity index (χ4v) is 3.43. The minimum absolute atomic E-state index is 0.0162. The van der Waals surface area contributed by atoms with Crippen molar-refractivity contribution in [2.75, 3.05) is 13.2 Å². The van der Waals surface area contributed by atoms with Crippen LogP contribution in [0, 0.1) is 10.1 Å². The van der Waals surface area contributed by atoms with Gasteiger partial charge >= 0.3 is 0 Å². The number of non-ortho nitro benzene ring substituents is 1. The molecule has 3 rings (SSSR count). The van der Waals surface area contributed by atoms with Crippen molar-refractivity contribution in [2.45, 2.75) is 19.3 Å². The summed E-state index contributed by atoms with van der Waals surface area (Å²) >= 11 is 1.46. The number of nitrogens with zero attached hydrogens (tertiary/aromatic N) is 2. The Bertz CT molecular complexity index is 705. The highest BCUT2D eigenvalue weighted by Crippen LogP contribution is 2.27. The quantitative estimate of drug-likeness (QED) is 0.497. The van der Waals surface area contributed by atoms with E-state index in [1.807, 2.05) is 0 Å². The van der Waals surface area contributed by atoms with Crippen molar-refractivity contribution in [1.82, 2.24) is 10.3 Å². The van der Waals surface area contributed by atoms with Gasteiger partial charge in [-0.15, -0.1) is 11.3 Å². The van der Waals surface area contributed by atoms with Crippen LogP contribution in [-0.4, -0.2) is 29.0 Å². The molecule has 0 radical (unpaired) electrons. The zero-order valence-corrected chi connectivity index (χ0v) is 13.1. The number of aromatic nitrogens is 1. The highest BCUT2D eigenvalue weighted by molar-refractivity contribution is 7.13. The van der Waals surface area contributed by atoms with Gasteiger partial charge in [-0.1, -0.05) is 0 Å². The molecule has 0 fully saturated rings. The zero-order valence-electron chi connectivity index (χ0n) is 12.3. The third-order valence-corrected chi connectivity index (χ3v) is 4.65. The first-order valence-electron chi connectivity index (χ1n) is 7.27. The van der Waals surface area contributed by atoms with Crippen molar-refractivity contribution in [1.29, 1.82) is 0 Å². The number of carbonyl (C=O) groups is 1. The van der Waals surface area contributed by atoms with Gasteiger partial charge in [0, 0.05) is 17.0 Å². The number of hydrogen-bond donors (Lipinski definition) is 1. The SMILES string of the molecule is O=C(NCCOc1ccc([N+](=O)[O-])cc1)c1nc2c(s1)CCC2. The van der Waals surface area contributed by atoms with Gasteiger partial charge in [0.05, 0.1) is 17.2 Å². The molecule has 0 saturated carbocycles. The predicted molar refractivity (Wildman–Crippen MR) is 85.1 cm³/mol. The smallest absolute Gasteiger partial charge is 0.280 e. The molecular formula is C15H15N3O4S. The monoisotopic (exact) mass is 333 g/mol. The Morgan fingerprint density at radius 3 is 2.83 bits per heavy atom. The van der Waals surface area contributed by atoms with Crippen molar-refractivity contribution in [3.63, 3.8) is 0 Å². The van der Waals surface area contributed by atoms with Gasteiger partial charge in [0.2, 0.25) is 0 Å². The van der Waals surface area contributed by atoms with Crippen LogP contribution in [0.2, 0.25) is 0 Å². The average molecular weight is 333 g/mol. The first kappa shape index (κ1) is 15.4. The lowest BCUT2D eigenvalue weighted by atomic mass is 10.3. The van der Waals surface area contributed by atoms with E-state index in [0.29, 0.717) is 17.3 Å². The molecule has 0 spiro atoms. The number of nitro groups is 1. The molecule has 1 N–H and O–H groups in total. The summed E-state index contributed by atoms with van der Waals surface area (Å²) in [5, 5.41) is 13.8. The molecule has 0 aliphatic heterocycles. The molecule has 2 aromatic rings. The zero-order chi connectivity index (χ0) is 16.2. The lowest BCUT2D eigenvalue weighted by Crippen LogP contribution is -2.28. The molecule has 1 aromatic carbocycles. The summed E-state index contributed by atoms with van der Waals surface area (Å²) in [5.74, 6) is 0.342. The van der Waals surface area contributed by atoms with E-state index in [9.17, 15) is 14.9 Å². The van der Waals surface area contributed by atoms with Crippen LogP contribution in [0.5, 0.6) is 5.75 Å². The van der Waals surface area contributed by atoms with Gasteiger partial charge in [0.1, 0.15) is 12.4 Å². The lowest BCUT2D eigenvalue weighted by molar-refractivity contribution is -0.384. The van der Waals surface area contributed by atoms with Crippen LogP contribution in [0.4, 0.5) is 5.69 Å². The second-order valence-electron chi connectivity index (χ2n) is 5.10. The van der Waals surface area contributed by atoms with Crippen LogP contribution in [0.1, 0.15) is 26.8 Å². The van der Waals surface area contributed by atoms with Crippen molar-refractivity contribution in [3.8, 4) is 5.75 Å². The standard InChI is InChI=1S/C15H15N3O4S/c19-14(15-17-12-2-1-3-13(12)23-15)16-8-9-22-11-6-4-10(5-7-11)18(20)21/h4-7H,1-3,8-9H2,(H,16,19). The Morgan fingerprint density at radius 1 is 1.35 bits per heavy atom. The summed E-state index contributed by atoms with van der Waals surface area (Å²) in [5.41, 5.74) is 1.07. The minimum Gasteiger partial charge on any atom is -0.492 e. The second kappa shape index (κ2) is 6.74. The minimum atomic E-state index is -0.463. The van der Waals surface area contributed by atoms with E-state index in [2.05, 4.69) is 10.3 Å². The Hall–Kier alpha value is -2.48. The fourth-order valence-electron chi connectivity index (χ4n) is 2.36. The molecule has 1 aliphatic rings. The molecule has 1 amide bonds. The Labute approximate surface area is 136 Å². The fraction of sp³-hybridized carbons (Fsp3) is 0.333. The Morgan fingerprint density at radius 2 is 2.13 bits per heavy atom. The van der Waals surface area contributed by atoms with E-state index in [-0.39, 0.29) is 18.2 Å². The van der Waals surface area contributed by atoms with Crippen LogP contribution in [0.3, 0.4) is 0 Å². The lowest BCUT2D eigenvalue weighted by Gasteiger charge is -2.06. The Kier molecular flexibility index (Phi) is 4.52. The molecule has 23 heavy (non-hydrogen) atoms. The number of rotatable bonds is 6. The molecule has 0 saturated heterocycles. The molecule has 120 valence electrons. The van der Waals surface area contributed by atoms with Crippen LogP contribution in [0.15, 0.2) is 24.3 Å². The van der Waals surface area contributed by atoms with Crippen molar-refractivity contribution in [2.24, 2.45) is 0 Å². The van der Waals surface area contributed by atoms with Gasteiger partial charge in [-0.25, -0.2) is 4.98 Å². The van der Waals surface area contributed by atoms with E-state index in [1.54, 1.807) is 0 Å². The van der Waals surface area contributed by atoms with E-state index in [0.717, 1.165) is 25.0 Å². The average Bonchev–Trinajstić information content (AvgIpc) is 3.13. The molecule has 1 aromatic heterocycles. The maximum Gasteiger partial charge on any atom is 0.280 e. The number of carbonyl (C=O) groups excluding carboxylic acids is 1. The van der Waals surface area contributed by atoms with Gasteiger partial charge in [-0.05, 0) is 31.4 Å². The number of aryl methyl sites for hydroxylation is 2. The first-order chi connectivity index (χ1) is 11.1. The van der Waals surface area contributed by atoms with E-state index >= 15 is 0 Å². The van der Waals surface area contributed by atoms with Crippen molar-refractivity contribution in [3.05, 3.63) is 50.0 Å². The van der Waals surface area contributed by atoms with Crippen molar-refractivity contribution < 1.29 is 14.5 Å². The maximum atomic E-state index is 12.0. The van der Waals surface area contributed by atoms with Crippen LogP contribution in [0.25, 0.3) is 0 Å². The summed E-state index contributed by atoms with van der Waals surface area (Å²) in [6.45, 7) is 0.634. The summed E-state index contributed by atoms with van der Waals surface area (Å²) in [6, 6.07) is 5.83. The molecule has 1 heterocycles. The molecule has 8 heteroatoms. The largest absolute Gasteiger partial charge is 0.492 e. The van der Waals surface area contributed by atoms with Gasteiger partial charge in [0.25, 0.3) is 11.6 Å². The number of ether oxygens (including phenoxy) is 1. The molecule has 1 aliphatic carbocycles. The topological polar surface area (TPSA) is 94.4 Å². The Balaban J connectivity index is 1.44. The third-order valence-electron chi connectivity index (χ3n) is 3.49. The highest BCUT2D eigenvalue weighted by atomic mass is 32.1. The van der Waals surface area contributed by atoms with Crippen LogP contribution < -0.4 is 10.1 Å². The van der Waals surface area contributed by atoms with Gasteiger partial charge in [-0.3, -0.25) is 14.9 Å². The molecule has 0 unspecified atom stereocenters. The second-order valence-corrected chi connectivity index (χ2v) is 6.18. The number of nitrogens with one attached hydrogen (secondary N) is 1. The first-order valence-corrected chi connectivity index (χ1v) is 8.09. The summed E-state index contributed by atoms with van der Waals surface area (Å²) in [7, 11) is 0. The number of thiazole rings is 1. The van der Waals surface area contributed by atoms with Gasteiger partial charge in [0.15, 0.2) is 5.01 Å². The van der Waals surface area contributed by atoms with Gasteiger partial charge in [-0.2, -0.15) is 0 Å². The molecule has 7 nitrogen and oxygen atoms in total. The number of amides is 1. The summed E-state index contributed by atoms with van der Waals surface area (Å²) in [6.07, 6.45) is 3.10. The summed E-state index contributed by atoms with van der Waals surface area (Å²) in [4.78, 5) is 27.6. The van der Waals surface area contributed by atoms with E-state index < -0.39 is 4.92 Å². The van der Waals surface area contributed by atoms with E-state index in [1.165, 1.54) is 40.5 Å². The maximum absolute atomic E-state index is 12.0. The number of benzene rings is 1. The molecule has 0 bridgehead atoms. The molecule has 0 atom stereocenters. The van der Waals surface area contributed by atoms with Crippen LogP contribution >= 0.6 is 11.3 Å². The van der Waals surface area contributed by atoms with Crippen LogP contribution in [-0.2, 0) is 12.8 Å². The highest BCUT2D eigenvalue weighted by Gasteiger charge is 2.20. The molecular weight excluding hydrogens is 318 g/mol. The number of hydrogen-bond acceptors (Lipinski definition) is 6. The third kappa shape index (κ3) is 3.65. The predicted octanol–water partition coefficient (Wildman–Crippen LogP) is 2.35. The van der Waals surface area contributed by atoms with E-state index in [4.69, 9.17) is 4.74 Å². The summed E-state index contributed by atoms with van der Waals surface area (Å²) < 4.78 is 5.43. The normalized spacial score (nSPS) is 12.7. The van der Waals surface area contributed by atoms with Crippen molar-refractivity contribution >= 4 is 22.9 Å². The number of nitro benzene ring substituents is 1. The number of fused-ring (bicyclic) bond motifs is 1.